The van der Waals surface area contributed by atoms with Crippen molar-refractivity contribution in [2.24, 2.45) is 0 Å². The Hall–Kier alpha value is -1.69. The normalized spacial score (nSPS) is 16.1. The van der Waals surface area contributed by atoms with Crippen LogP contribution in [0.15, 0.2) is 47.4 Å². The van der Waals surface area contributed by atoms with Crippen molar-refractivity contribution in [3.8, 4) is 0 Å². The molecule has 2 amide bonds. The molecule has 0 saturated carbocycles. The Morgan fingerprint density at radius 2 is 1.96 bits per heavy atom. The van der Waals surface area contributed by atoms with Crippen LogP contribution in [0.5, 0.6) is 0 Å². The van der Waals surface area contributed by atoms with Gasteiger partial charge in [0.2, 0.25) is 11.8 Å². The number of thioether (sulfide) groups is 1. The van der Waals surface area contributed by atoms with Gasteiger partial charge in [-0.25, -0.2) is 0 Å². The first-order chi connectivity index (χ1) is 12.0. The van der Waals surface area contributed by atoms with Gasteiger partial charge in [-0.2, -0.15) is 0 Å². The van der Waals surface area contributed by atoms with Crippen LogP contribution in [0.1, 0.15) is 12.0 Å². The van der Waals surface area contributed by atoms with Gasteiger partial charge in [0.15, 0.2) is 0 Å². The van der Waals surface area contributed by atoms with Gasteiger partial charge in [0.1, 0.15) is 0 Å². The molecule has 1 unspecified atom stereocenters. The Balaban J connectivity index is 1.66. The monoisotopic (exact) mass is 394 g/mol. The van der Waals surface area contributed by atoms with Crippen molar-refractivity contribution in [1.82, 2.24) is 4.90 Å². The number of hydrogen-bond acceptors (Lipinski definition) is 3. The number of amides is 2. The van der Waals surface area contributed by atoms with E-state index < -0.39 is 5.25 Å². The summed E-state index contributed by atoms with van der Waals surface area (Å²) >= 11 is 13.6. The molecule has 0 saturated heterocycles. The van der Waals surface area contributed by atoms with E-state index in [1.54, 1.807) is 24.1 Å². The SMILES string of the molecule is CN(Cc1cccc(Cl)c1Cl)C(=O)CC1Sc2ccccc2NC1=O. The summed E-state index contributed by atoms with van der Waals surface area (Å²) in [6, 6.07) is 12.9. The molecule has 2 aromatic rings. The lowest BCUT2D eigenvalue weighted by atomic mass is 10.2. The van der Waals surface area contributed by atoms with Crippen LogP contribution in [0.2, 0.25) is 10.0 Å². The van der Waals surface area contributed by atoms with E-state index in [1.165, 1.54) is 11.8 Å². The highest BCUT2D eigenvalue weighted by atomic mass is 35.5. The Bertz CT molecular complexity index is 828. The molecule has 25 heavy (non-hydrogen) atoms. The van der Waals surface area contributed by atoms with Crippen LogP contribution >= 0.6 is 35.0 Å². The zero-order chi connectivity index (χ0) is 18.0. The van der Waals surface area contributed by atoms with Gasteiger partial charge < -0.3 is 10.2 Å². The number of hydrogen-bond donors (Lipinski definition) is 1. The maximum absolute atomic E-state index is 12.5. The number of para-hydroxylation sites is 1. The van der Waals surface area contributed by atoms with Crippen molar-refractivity contribution >= 4 is 52.5 Å². The highest BCUT2D eigenvalue weighted by molar-refractivity contribution is 8.01. The topological polar surface area (TPSA) is 49.4 Å². The van der Waals surface area contributed by atoms with E-state index in [4.69, 9.17) is 23.2 Å². The molecule has 1 aliphatic rings. The van der Waals surface area contributed by atoms with Crippen LogP contribution in [0, 0.1) is 0 Å². The van der Waals surface area contributed by atoms with Crippen LogP contribution < -0.4 is 5.32 Å². The molecule has 1 heterocycles. The van der Waals surface area contributed by atoms with Gasteiger partial charge in [0.05, 0.1) is 21.0 Å². The molecule has 1 N–H and O–H groups in total. The summed E-state index contributed by atoms with van der Waals surface area (Å²) in [5, 5.41) is 3.31. The highest BCUT2D eigenvalue weighted by Gasteiger charge is 2.29. The fourth-order valence-corrected chi connectivity index (χ4v) is 4.04. The number of carbonyl (C=O) groups is 2. The number of nitrogens with one attached hydrogen (secondary N) is 1. The van der Waals surface area contributed by atoms with Crippen LogP contribution in [-0.4, -0.2) is 29.0 Å². The van der Waals surface area contributed by atoms with Gasteiger partial charge in [-0.3, -0.25) is 9.59 Å². The second-order valence-corrected chi connectivity index (χ2v) is 7.79. The summed E-state index contributed by atoms with van der Waals surface area (Å²) in [6.07, 6.45) is 0.125. The number of anilines is 1. The quantitative estimate of drug-likeness (QED) is 0.832. The highest BCUT2D eigenvalue weighted by Crippen LogP contribution is 2.36. The van der Waals surface area contributed by atoms with Crippen molar-refractivity contribution < 1.29 is 9.59 Å². The van der Waals surface area contributed by atoms with Crippen molar-refractivity contribution in [2.45, 2.75) is 23.1 Å². The Morgan fingerprint density at radius 3 is 2.76 bits per heavy atom. The minimum Gasteiger partial charge on any atom is -0.341 e. The Labute approximate surface area is 160 Å². The summed E-state index contributed by atoms with van der Waals surface area (Å²) in [6.45, 7) is 0.341. The molecule has 130 valence electrons. The number of halogens is 2. The van der Waals surface area contributed by atoms with Gasteiger partial charge >= 0.3 is 0 Å². The molecule has 7 heteroatoms. The molecule has 0 spiro atoms. The summed E-state index contributed by atoms with van der Waals surface area (Å²) in [4.78, 5) is 27.3. The molecule has 1 aliphatic heterocycles. The predicted octanol–water partition coefficient (Wildman–Crippen LogP) is 4.45. The van der Waals surface area contributed by atoms with Crippen LogP contribution in [0.25, 0.3) is 0 Å². The summed E-state index contributed by atoms with van der Waals surface area (Å²) in [5.74, 6) is -0.269. The van der Waals surface area contributed by atoms with Gasteiger partial charge in [0.25, 0.3) is 0 Å². The second kappa shape index (κ2) is 7.68. The van der Waals surface area contributed by atoms with E-state index in [0.717, 1.165) is 16.1 Å². The van der Waals surface area contributed by atoms with E-state index in [9.17, 15) is 9.59 Å². The molecule has 0 radical (unpaired) electrons. The fourth-order valence-electron chi connectivity index (χ4n) is 2.56. The van der Waals surface area contributed by atoms with E-state index >= 15 is 0 Å². The van der Waals surface area contributed by atoms with Gasteiger partial charge in [0, 0.05) is 24.9 Å². The van der Waals surface area contributed by atoms with Crippen LogP contribution in [0.4, 0.5) is 5.69 Å². The van der Waals surface area contributed by atoms with Gasteiger partial charge in [-0.05, 0) is 23.8 Å². The van der Waals surface area contributed by atoms with Crippen molar-refractivity contribution in [1.29, 1.82) is 0 Å². The first-order valence-corrected chi connectivity index (χ1v) is 9.32. The Morgan fingerprint density at radius 1 is 1.20 bits per heavy atom. The zero-order valence-corrected chi connectivity index (χ0v) is 15.8. The summed E-state index contributed by atoms with van der Waals surface area (Å²) in [5.41, 5.74) is 1.57. The minimum atomic E-state index is -0.445. The molecular formula is C18H16Cl2N2O2S. The molecule has 3 rings (SSSR count). The predicted molar refractivity (Wildman–Crippen MR) is 102 cm³/mol. The van der Waals surface area contributed by atoms with Gasteiger partial charge in [-0.1, -0.05) is 47.5 Å². The minimum absolute atomic E-state index is 0.122. The van der Waals surface area contributed by atoms with Gasteiger partial charge in [-0.15, -0.1) is 11.8 Å². The molecule has 0 bridgehead atoms. The maximum Gasteiger partial charge on any atom is 0.238 e. The average Bonchev–Trinajstić information content (AvgIpc) is 2.59. The molecular weight excluding hydrogens is 379 g/mol. The van der Waals surface area contributed by atoms with E-state index in [2.05, 4.69) is 5.32 Å². The zero-order valence-electron chi connectivity index (χ0n) is 13.5. The smallest absolute Gasteiger partial charge is 0.238 e. The maximum atomic E-state index is 12.5. The average molecular weight is 395 g/mol. The number of benzene rings is 2. The van der Waals surface area contributed by atoms with Crippen LogP contribution in [-0.2, 0) is 16.1 Å². The molecule has 4 nitrogen and oxygen atoms in total. The third-order valence-corrected chi connectivity index (χ3v) is 6.06. The fraction of sp³-hybridized carbons (Fsp3) is 0.222. The third-order valence-electron chi connectivity index (χ3n) is 3.93. The van der Waals surface area contributed by atoms with Crippen molar-refractivity contribution in [3.63, 3.8) is 0 Å². The third kappa shape index (κ3) is 4.11. The number of rotatable bonds is 4. The van der Waals surface area contributed by atoms with Crippen molar-refractivity contribution in [3.05, 3.63) is 58.1 Å². The van der Waals surface area contributed by atoms with Crippen LogP contribution in [0.3, 0.4) is 0 Å². The molecule has 0 aliphatic carbocycles. The number of nitrogens with zero attached hydrogens (tertiary/aromatic N) is 1. The Kier molecular flexibility index (Phi) is 5.57. The lowest BCUT2D eigenvalue weighted by Crippen LogP contribution is -2.35. The lowest BCUT2D eigenvalue weighted by molar-refractivity contribution is -0.131. The first-order valence-electron chi connectivity index (χ1n) is 7.69. The lowest BCUT2D eigenvalue weighted by Gasteiger charge is -2.25. The molecule has 1 atom stereocenters. The van der Waals surface area contributed by atoms with Crippen molar-refractivity contribution in [2.75, 3.05) is 12.4 Å². The summed E-state index contributed by atoms with van der Waals surface area (Å²) < 4.78 is 0. The number of carbonyl (C=O) groups excluding carboxylic acids is 2. The standard InChI is InChI=1S/C18H16Cl2N2O2S/c1-22(10-11-5-4-6-12(19)17(11)20)16(23)9-15-18(24)21-13-7-2-3-8-14(13)25-15/h2-8,15H,9-10H2,1H3,(H,21,24). The van der Waals surface area contributed by atoms with E-state index in [-0.39, 0.29) is 18.2 Å². The molecule has 0 fully saturated rings. The second-order valence-electron chi connectivity index (χ2n) is 5.76. The van der Waals surface area contributed by atoms with E-state index in [0.29, 0.717) is 16.6 Å². The number of fused-ring (bicyclic) bond motifs is 1. The first kappa shape index (κ1) is 18.1. The molecule has 2 aromatic carbocycles. The molecule has 0 aromatic heterocycles. The largest absolute Gasteiger partial charge is 0.341 e. The van der Waals surface area contributed by atoms with E-state index in [1.807, 2.05) is 30.3 Å². The summed E-state index contributed by atoms with van der Waals surface area (Å²) in [7, 11) is 1.69.